The standard InChI is InChI=1S/C14H25NO2/c1-11-8-13-2-5-15(10-14(13)17-11)9-12-3-6-16-7-4-12/h11-14H,2-10H2,1H3/t11-,13-,14+/m1/s1. The molecule has 3 aliphatic heterocycles. The molecule has 3 saturated heterocycles. The van der Waals surface area contributed by atoms with E-state index in [-0.39, 0.29) is 0 Å². The summed E-state index contributed by atoms with van der Waals surface area (Å²) in [5, 5.41) is 0. The predicted molar refractivity (Wildman–Crippen MR) is 67.0 cm³/mol. The van der Waals surface area contributed by atoms with E-state index in [1.54, 1.807) is 0 Å². The van der Waals surface area contributed by atoms with Crippen LogP contribution >= 0.6 is 0 Å². The van der Waals surface area contributed by atoms with Crippen LogP contribution in [0, 0.1) is 11.8 Å². The minimum Gasteiger partial charge on any atom is -0.381 e. The van der Waals surface area contributed by atoms with Gasteiger partial charge in [-0.25, -0.2) is 0 Å². The van der Waals surface area contributed by atoms with Gasteiger partial charge in [0, 0.05) is 26.3 Å². The second kappa shape index (κ2) is 5.25. The lowest BCUT2D eigenvalue weighted by molar-refractivity contribution is -0.0124. The van der Waals surface area contributed by atoms with Gasteiger partial charge in [0.25, 0.3) is 0 Å². The second-order valence-electron chi connectivity index (χ2n) is 6.08. The molecule has 0 spiro atoms. The summed E-state index contributed by atoms with van der Waals surface area (Å²) in [6.07, 6.45) is 6.16. The third-order valence-corrected chi connectivity index (χ3v) is 4.68. The molecule has 98 valence electrons. The number of nitrogens with zero attached hydrogens (tertiary/aromatic N) is 1. The summed E-state index contributed by atoms with van der Waals surface area (Å²) in [7, 11) is 0. The number of likely N-dealkylation sites (tertiary alicyclic amines) is 1. The van der Waals surface area contributed by atoms with Crippen LogP contribution in [0.15, 0.2) is 0 Å². The van der Waals surface area contributed by atoms with Crippen molar-refractivity contribution in [1.82, 2.24) is 4.90 Å². The first kappa shape index (κ1) is 11.9. The van der Waals surface area contributed by atoms with Gasteiger partial charge in [0.15, 0.2) is 0 Å². The Morgan fingerprint density at radius 3 is 2.82 bits per heavy atom. The van der Waals surface area contributed by atoms with Gasteiger partial charge in [0.2, 0.25) is 0 Å². The van der Waals surface area contributed by atoms with Gasteiger partial charge in [-0.3, -0.25) is 0 Å². The number of ether oxygens (including phenoxy) is 2. The topological polar surface area (TPSA) is 21.7 Å². The van der Waals surface area contributed by atoms with Gasteiger partial charge in [-0.05, 0) is 51.0 Å². The summed E-state index contributed by atoms with van der Waals surface area (Å²) in [4.78, 5) is 2.63. The first-order valence-electron chi connectivity index (χ1n) is 7.27. The number of piperidine rings is 1. The molecule has 3 heterocycles. The van der Waals surface area contributed by atoms with Gasteiger partial charge < -0.3 is 14.4 Å². The van der Waals surface area contributed by atoms with Gasteiger partial charge in [-0.1, -0.05) is 0 Å². The van der Waals surface area contributed by atoms with Crippen molar-refractivity contribution >= 4 is 0 Å². The van der Waals surface area contributed by atoms with Gasteiger partial charge in [-0.15, -0.1) is 0 Å². The monoisotopic (exact) mass is 239 g/mol. The first-order chi connectivity index (χ1) is 8.31. The van der Waals surface area contributed by atoms with E-state index in [1.807, 2.05) is 0 Å². The molecule has 0 radical (unpaired) electrons. The highest BCUT2D eigenvalue weighted by molar-refractivity contribution is 4.88. The van der Waals surface area contributed by atoms with E-state index in [2.05, 4.69) is 11.8 Å². The fraction of sp³-hybridized carbons (Fsp3) is 1.00. The summed E-state index contributed by atoms with van der Waals surface area (Å²) in [6.45, 7) is 7.89. The van der Waals surface area contributed by atoms with E-state index in [9.17, 15) is 0 Å². The van der Waals surface area contributed by atoms with E-state index < -0.39 is 0 Å². The quantitative estimate of drug-likeness (QED) is 0.735. The van der Waals surface area contributed by atoms with Crippen molar-refractivity contribution in [3.8, 4) is 0 Å². The summed E-state index contributed by atoms with van der Waals surface area (Å²) in [6, 6.07) is 0. The fourth-order valence-electron chi connectivity index (χ4n) is 3.69. The van der Waals surface area contributed by atoms with Gasteiger partial charge in [0.1, 0.15) is 0 Å². The SMILES string of the molecule is C[C@@H]1C[C@H]2CCN(CC3CCOCC3)C[C@@H]2O1. The average molecular weight is 239 g/mol. The molecule has 3 rings (SSSR count). The van der Waals surface area contributed by atoms with Crippen molar-refractivity contribution in [3.63, 3.8) is 0 Å². The molecule has 0 aromatic heterocycles. The lowest BCUT2D eigenvalue weighted by Crippen LogP contribution is -2.44. The number of hydrogen-bond acceptors (Lipinski definition) is 3. The molecule has 3 fully saturated rings. The zero-order valence-corrected chi connectivity index (χ0v) is 10.9. The molecule has 3 aliphatic rings. The van der Waals surface area contributed by atoms with Crippen LogP contribution in [0.3, 0.4) is 0 Å². The van der Waals surface area contributed by atoms with E-state index in [1.165, 1.54) is 45.3 Å². The maximum atomic E-state index is 6.02. The Morgan fingerprint density at radius 1 is 1.18 bits per heavy atom. The molecule has 0 amide bonds. The highest BCUT2D eigenvalue weighted by Crippen LogP contribution is 2.33. The molecular formula is C14H25NO2. The minimum atomic E-state index is 0.494. The summed E-state index contributed by atoms with van der Waals surface area (Å²) in [5.41, 5.74) is 0. The average Bonchev–Trinajstić information content (AvgIpc) is 2.70. The molecule has 0 saturated carbocycles. The van der Waals surface area contributed by atoms with Crippen LogP contribution in [-0.2, 0) is 9.47 Å². The van der Waals surface area contributed by atoms with Crippen LogP contribution in [-0.4, -0.2) is 50.0 Å². The Kier molecular flexibility index (Phi) is 3.69. The van der Waals surface area contributed by atoms with Crippen LogP contribution in [0.2, 0.25) is 0 Å². The Morgan fingerprint density at radius 2 is 2.00 bits per heavy atom. The van der Waals surface area contributed by atoms with Crippen molar-refractivity contribution in [3.05, 3.63) is 0 Å². The predicted octanol–water partition coefficient (Wildman–Crippen LogP) is 1.91. The molecule has 17 heavy (non-hydrogen) atoms. The summed E-state index contributed by atoms with van der Waals surface area (Å²) >= 11 is 0. The lowest BCUT2D eigenvalue weighted by atomic mass is 9.90. The maximum Gasteiger partial charge on any atom is 0.0735 e. The first-order valence-corrected chi connectivity index (χ1v) is 7.27. The number of rotatable bonds is 2. The molecule has 3 atom stereocenters. The largest absolute Gasteiger partial charge is 0.381 e. The van der Waals surface area contributed by atoms with Crippen molar-refractivity contribution in [1.29, 1.82) is 0 Å². The molecular weight excluding hydrogens is 214 g/mol. The van der Waals surface area contributed by atoms with Crippen LogP contribution in [0.5, 0.6) is 0 Å². The number of fused-ring (bicyclic) bond motifs is 1. The molecule has 0 N–H and O–H groups in total. The zero-order valence-electron chi connectivity index (χ0n) is 10.9. The van der Waals surface area contributed by atoms with E-state index in [0.717, 1.165) is 25.0 Å². The molecule has 0 aromatic carbocycles. The van der Waals surface area contributed by atoms with E-state index >= 15 is 0 Å². The van der Waals surface area contributed by atoms with Crippen molar-refractivity contribution < 1.29 is 9.47 Å². The van der Waals surface area contributed by atoms with Crippen molar-refractivity contribution in [2.75, 3.05) is 32.8 Å². The Labute approximate surface area is 104 Å². The maximum absolute atomic E-state index is 6.02. The third-order valence-electron chi connectivity index (χ3n) is 4.68. The molecule has 0 aliphatic carbocycles. The highest BCUT2D eigenvalue weighted by Gasteiger charge is 2.37. The van der Waals surface area contributed by atoms with Crippen LogP contribution in [0.1, 0.15) is 32.6 Å². The van der Waals surface area contributed by atoms with Gasteiger partial charge in [-0.2, -0.15) is 0 Å². The zero-order chi connectivity index (χ0) is 11.7. The second-order valence-corrected chi connectivity index (χ2v) is 6.08. The molecule has 3 nitrogen and oxygen atoms in total. The summed E-state index contributed by atoms with van der Waals surface area (Å²) < 4.78 is 11.4. The minimum absolute atomic E-state index is 0.494. The smallest absolute Gasteiger partial charge is 0.0735 e. The van der Waals surface area contributed by atoms with Crippen molar-refractivity contribution in [2.45, 2.75) is 44.8 Å². The third kappa shape index (κ3) is 2.83. The van der Waals surface area contributed by atoms with E-state index in [0.29, 0.717) is 12.2 Å². The molecule has 0 bridgehead atoms. The van der Waals surface area contributed by atoms with Crippen LogP contribution < -0.4 is 0 Å². The van der Waals surface area contributed by atoms with E-state index in [4.69, 9.17) is 9.47 Å². The fourth-order valence-corrected chi connectivity index (χ4v) is 3.69. The highest BCUT2D eigenvalue weighted by atomic mass is 16.5. The van der Waals surface area contributed by atoms with Crippen LogP contribution in [0.4, 0.5) is 0 Å². The Bertz CT molecular complexity index is 251. The molecule has 3 heteroatoms. The molecule has 0 aromatic rings. The van der Waals surface area contributed by atoms with Gasteiger partial charge >= 0.3 is 0 Å². The molecule has 0 unspecified atom stereocenters. The van der Waals surface area contributed by atoms with Gasteiger partial charge in [0.05, 0.1) is 12.2 Å². The lowest BCUT2D eigenvalue weighted by Gasteiger charge is -2.37. The Hall–Kier alpha value is -0.120. The summed E-state index contributed by atoms with van der Waals surface area (Å²) in [5.74, 6) is 1.70. The van der Waals surface area contributed by atoms with Crippen molar-refractivity contribution in [2.24, 2.45) is 11.8 Å². The van der Waals surface area contributed by atoms with Crippen LogP contribution in [0.25, 0.3) is 0 Å². The Balaban J connectivity index is 1.49. The number of hydrogen-bond donors (Lipinski definition) is 0. The normalized spacial score (nSPS) is 40.4.